The number of amides is 1. The molecule has 9 nitrogen and oxygen atoms in total. The summed E-state index contributed by atoms with van der Waals surface area (Å²) in [6, 6.07) is 8.16. The lowest BCUT2D eigenvalue weighted by atomic mass is 10.2. The van der Waals surface area contributed by atoms with E-state index in [0.29, 0.717) is 17.0 Å². The molecule has 0 atom stereocenters. The predicted molar refractivity (Wildman–Crippen MR) is 89.9 cm³/mol. The maximum absolute atomic E-state index is 12.4. The Labute approximate surface area is 146 Å². The first-order valence-electron chi connectivity index (χ1n) is 7.73. The first-order chi connectivity index (χ1) is 12.5. The summed E-state index contributed by atoms with van der Waals surface area (Å²) in [7, 11) is 0. The van der Waals surface area contributed by atoms with Crippen LogP contribution in [-0.2, 0) is 6.54 Å². The zero-order chi connectivity index (χ0) is 18.3. The first-order valence-corrected chi connectivity index (χ1v) is 7.73. The molecule has 0 aliphatic carbocycles. The fourth-order valence-corrected chi connectivity index (χ4v) is 2.65. The van der Waals surface area contributed by atoms with Gasteiger partial charge in [-0.3, -0.25) is 4.79 Å². The number of aromatic carboxylic acids is 1. The molecule has 1 amide bonds. The van der Waals surface area contributed by atoms with Crippen molar-refractivity contribution in [3.05, 3.63) is 59.4 Å². The molecule has 9 heteroatoms. The van der Waals surface area contributed by atoms with Crippen molar-refractivity contribution >= 4 is 28.6 Å². The minimum Gasteiger partial charge on any atom is -0.477 e. The second kappa shape index (κ2) is 5.96. The van der Waals surface area contributed by atoms with Gasteiger partial charge in [-0.1, -0.05) is 6.07 Å². The Balaban J connectivity index is 1.57. The number of nitrogens with zero attached hydrogens (tertiary/aromatic N) is 4. The lowest BCUT2D eigenvalue weighted by molar-refractivity contribution is 0.0687. The Morgan fingerprint density at radius 2 is 2.08 bits per heavy atom. The standard InChI is InChI=1S/C17H13N5O4/c1-9-20-11-6-10(2-3-14(11)26-9)8-18-16(23)12-7-13(17(24)25)22-15(21-12)4-5-19-22/h2-7H,8H2,1H3,(H,18,23)(H,24,25). The summed E-state index contributed by atoms with van der Waals surface area (Å²) in [5, 5.41) is 15.9. The topological polar surface area (TPSA) is 123 Å². The van der Waals surface area contributed by atoms with Crippen LogP contribution in [0.4, 0.5) is 0 Å². The van der Waals surface area contributed by atoms with Crippen LogP contribution >= 0.6 is 0 Å². The molecular formula is C17H13N5O4. The molecule has 0 aliphatic rings. The van der Waals surface area contributed by atoms with Crippen molar-refractivity contribution in [2.45, 2.75) is 13.5 Å². The summed E-state index contributed by atoms with van der Waals surface area (Å²) in [5.41, 5.74) is 2.38. The third kappa shape index (κ3) is 2.75. The fraction of sp³-hybridized carbons (Fsp3) is 0.118. The third-order valence-electron chi connectivity index (χ3n) is 3.82. The van der Waals surface area contributed by atoms with Gasteiger partial charge in [0.15, 0.2) is 22.8 Å². The molecule has 0 unspecified atom stereocenters. The third-order valence-corrected chi connectivity index (χ3v) is 3.82. The average molecular weight is 351 g/mol. The number of benzene rings is 1. The molecule has 4 aromatic rings. The molecule has 3 aromatic heterocycles. The molecule has 3 heterocycles. The van der Waals surface area contributed by atoms with Crippen LogP contribution < -0.4 is 5.32 Å². The maximum atomic E-state index is 12.4. The van der Waals surface area contributed by atoms with E-state index < -0.39 is 11.9 Å². The molecule has 1 aromatic carbocycles. The molecule has 26 heavy (non-hydrogen) atoms. The van der Waals surface area contributed by atoms with Crippen LogP contribution in [-0.4, -0.2) is 36.6 Å². The number of oxazole rings is 1. The second-order valence-electron chi connectivity index (χ2n) is 5.65. The highest BCUT2D eigenvalue weighted by atomic mass is 16.4. The summed E-state index contributed by atoms with van der Waals surface area (Å²) in [6.45, 7) is 2.01. The largest absolute Gasteiger partial charge is 0.477 e. The van der Waals surface area contributed by atoms with Gasteiger partial charge in [-0.25, -0.2) is 19.3 Å². The normalized spacial score (nSPS) is 11.1. The Morgan fingerprint density at radius 3 is 2.88 bits per heavy atom. The molecule has 0 saturated carbocycles. The van der Waals surface area contributed by atoms with Crippen LogP contribution in [0.1, 0.15) is 32.4 Å². The van der Waals surface area contributed by atoms with E-state index in [1.54, 1.807) is 13.0 Å². The lowest BCUT2D eigenvalue weighted by Crippen LogP contribution is -2.25. The highest BCUT2D eigenvalue weighted by Gasteiger charge is 2.16. The van der Waals surface area contributed by atoms with Gasteiger partial charge in [0.1, 0.15) is 11.2 Å². The number of aryl methyl sites for hydroxylation is 1. The molecular weight excluding hydrogens is 338 g/mol. The highest BCUT2D eigenvalue weighted by Crippen LogP contribution is 2.17. The summed E-state index contributed by atoms with van der Waals surface area (Å²) in [5.74, 6) is -1.10. The van der Waals surface area contributed by atoms with Crippen LogP contribution in [0.25, 0.3) is 16.7 Å². The summed E-state index contributed by atoms with van der Waals surface area (Å²) in [4.78, 5) is 32.1. The van der Waals surface area contributed by atoms with Crippen molar-refractivity contribution in [3.63, 3.8) is 0 Å². The van der Waals surface area contributed by atoms with Crippen molar-refractivity contribution in [2.75, 3.05) is 0 Å². The first kappa shape index (κ1) is 15.8. The van der Waals surface area contributed by atoms with Gasteiger partial charge in [0.05, 0.1) is 6.20 Å². The Bertz CT molecular complexity index is 1160. The monoisotopic (exact) mass is 351 g/mol. The van der Waals surface area contributed by atoms with E-state index in [1.807, 2.05) is 12.1 Å². The van der Waals surface area contributed by atoms with Gasteiger partial charge >= 0.3 is 5.97 Å². The summed E-state index contributed by atoms with van der Waals surface area (Å²) in [6.07, 6.45) is 1.42. The second-order valence-corrected chi connectivity index (χ2v) is 5.65. The highest BCUT2D eigenvalue weighted by molar-refractivity contribution is 5.96. The Morgan fingerprint density at radius 1 is 1.23 bits per heavy atom. The number of aromatic nitrogens is 4. The molecule has 0 bridgehead atoms. The van der Waals surface area contributed by atoms with E-state index in [2.05, 4.69) is 20.4 Å². The van der Waals surface area contributed by atoms with Crippen LogP contribution in [0, 0.1) is 6.92 Å². The molecule has 0 radical (unpaired) electrons. The number of rotatable bonds is 4. The number of carbonyl (C=O) groups excluding carboxylic acids is 1. The molecule has 2 N–H and O–H groups in total. The van der Waals surface area contributed by atoms with E-state index in [9.17, 15) is 14.7 Å². The van der Waals surface area contributed by atoms with Crippen molar-refractivity contribution in [2.24, 2.45) is 0 Å². The molecule has 0 saturated heterocycles. The zero-order valence-corrected chi connectivity index (χ0v) is 13.6. The molecule has 0 spiro atoms. The minimum absolute atomic E-state index is 0.00811. The smallest absolute Gasteiger partial charge is 0.354 e. The van der Waals surface area contributed by atoms with Crippen molar-refractivity contribution in [3.8, 4) is 0 Å². The number of hydrogen-bond acceptors (Lipinski definition) is 6. The van der Waals surface area contributed by atoms with E-state index in [0.717, 1.165) is 5.56 Å². The van der Waals surface area contributed by atoms with Gasteiger partial charge in [0.2, 0.25) is 0 Å². The van der Waals surface area contributed by atoms with Gasteiger partial charge in [-0.15, -0.1) is 0 Å². The molecule has 0 aliphatic heterocycles. The fourth-order valence-electron chi connectivity index (χ4n) is 2.65. The van der Waals surface area contributed by atoms with Crippen LogP contribution in [0.3, 0.4) is 0 Å². The van der Waals surface area contributed by atoms with Crippen molar-refractivity contribution < 1.29 is 19.1 Å². The number of carboxylic acids is 1. The van der Waals surface area contributed by atoms with E-state index in [1.165, 1.54) is 22.8 Å². The van der Waals surface area contributed by atoms with Gasteiger partial charge < -0.3 is 14.8 Å². The van der Waals surface area contributed by atoms with Gasteiger partial charge in [0, 0.05) is 25.6 Å². The Hall–Kier alpha value is -3.75. The zero-order valence-electron chi connectivity index (χ0n) is 13.6. The number of carbonyl (C=O) groups is 2. The molecule has 0 fully saturated rings. The SMILES string of the molecule is Cc1nc2cc(CNC(=O)c3cc(C(=O)O)n4nccc4n3)ccc2o1. The van der Waals surface area contributed by atoms with Crippen LogP contribution in [0.5, 0.6) is 0 Å². The van der Waals surface area contributed by atoms with Crippen molar-refractivity contribution in [1.29, 1.82) is 0 Å². The van der Waals surface area contributed by atoms with Crippen LogP contribution in [0.2, 0.25) is 0 Å². The number of fused-ring (bicyclic) bond motifs is 2. The quantitative estimate of drug-likeness (QED) is 0.575. The van der Waals surface area contributed by atoms with E-state index >= 15 is 0 Å². The summed E-state index contributed by atoms with van der Waals surface area (Å²) < 4.78 is 6.58. The molecule has 130 valence electrons. The minimum atomic E-state index is -1.19. The Kier molecular flexibility index (Phi) is 3.61. The van der Waals surface area contributed by atoms with Crippen molar-refractivity contribution in [1.82, 2.24) is 24.9 Å². The van der Waals surface area contributed by atoms with Gasteiger partial charge in [-0.05, 0) is 17.7 Å². The lowest BCUT2D eigenvalue weighted by Gasteiger charge is -2.07. The van der Waals surface area contributed by atoms with Gasteiger partial charge in [-0.2, -0.15) is 5.10 Å². The number of carboxylic acid groups (broad SMARTS) is 1. The number of nitrogens with one attached hydrogen (secondary N) is 1. The van der Waals surface area contributed by atoms with E-state index in [4.69, 9.17) is 4.42 Å². The number of hydrogen-bond donors (Lipinski definition) is 2. The summed E-state index contributed by atoms with van der Waals surface area (Å²) >= 11 is 0. The molecule has 4 rings (SSSR count). The average Bonchev–Trinajstić information content (AvgIpc) is 3.22. The van der Waals surface area contributed by atoms with E-state index in [-0.39, 0.29) is 23.6 Å². The predicted octanol–water partition coefficient (Wildman–Crippen LogP) is 1.81. The maximum Gasteiger partial charge on any atom is 0.354 e. The van der Waals surface area contributed by atoms with Crippen LogP contribution in [0.15, 0.2) is 40.9 Å². The van der Waals surface area contributed by atoms with Gasteiger partial charge in [0.25, 0.3) is 5.91 Å².